The summed E-state index contributed by atoms with van der Waals surface area (Å²) in [6.45, 7) is 3.82. The van der Waals surface area contributed by atoms with E-state index in [0.29, 0.717) is 28.4 Å². The summed E-state index contributed by atoms with van der Waals surface area (Å²) in [5.41, 5.74) is 2.31. The summed E-state index contributed by atoms with van der Waals surface area (Å²) in [6, 6.07) is 8.24. The zero-order valence-electron chi connectivity index (χ0n) is 18.2. The van der Waals surface area contributed by atoms with E-state index in [9.17, 15) is 14.7 Å². The fourth-order valence-corrected chi connectivity index (χ4v) is 4.68. The maximum absolute atomic E-state index is 12.9. The highest BCUT2D eigenvalue weighted by Gasteiger charge is 2.40. The lowest BCUT2D eigenvalue weighted by molar-refractivity contribution is -0.145. The van der Waals surface area contributed by atoms with Gasteiger partial charge in [0.15, 0.2) is 11.5 Å². The van der Waals surface area contributed by atoms with Gasteiger partial charge < -0.3 is 14.6 Å². The van der Waals surface area contributed by atoms with E-state index < -0.39 is 17.9 Å². The normalized spacial score (nSPS) is 16.0. The van der Waals surface area contributed by atoms with Crippen molar-refractivity contribution in [3.8, 4) is 22.8 Å². The van der Waals surface area contributed by atoms with Crippen LogP contribution in [0, 0.1) is 5.92 Å². The largest absolute Gasteiger partial charge is 0.493 e. The first-order valence-electron chi connectivity index (χ1n) is 9.93. The van der Waals surface area contributed by atoms with Crippen molar-refractivity contribution in [3.63, 3.8) is 0 Å². The standard InChI is InChI=1S/C23H24N2O5S2/c1-13(2)9-17(22(27)28)25-21(26)20(32-23(25)31)10-14-5-7-16(24-12-14)15-6-8-18(29-3)19(11-15)30-4/h5-8,10-13,17H,9H2,1-4H3,(H,27,28)/b20-10-/t17-/m0/s1. The predicted octanol–water partition coefficient (Wildman–Crippen LogP) is 4.47. The Bertz CT molecular complexity index is 1070. The Balaban J connectivity index is 1.83. The van der Waals surface area contributed by atoms with Gasteiger partial charge in [0.2, 0.25) is 0 Å². The van der Waals surface area contributed by atoms with Crippen molar-refractivity contribution in [2.24, 2.45) is 5.92 Å². The molecule has 0 spiro atoms. The number of aliphatic carboxylic acids is 1. The topological polar surface area (TPSA) is 89.0 Å². The molecule has 1 aliphatic rings. The van der Waals surface area contributed by atoms with Crippen LogP contribution in [0.25, 0.3) is 17.3 Å². The first kappa shape index (κ1) is 23.7. The van der Waals surface area contributed by atoms with Crippen molar-refractivity contribution in [1.29, 1.82) is 0 Å². The number of rotatable bonds is 8. The van der Waals surface area contributed by atoms with Gasteiger partial charge >= 0.3 is 5.97 Å². The molecule has 0 saturated carbocycles. The zero-order chi connectivity index (χ0) is 23.4. The molecular formula is C23H24N2O5S2. The van der Waals surface area contributed by atoms with Gasteiger partial charge in [0.1, 0.15) is 10.4 Å². The van der Waals surface area contributed by atoms with E-state index in [-0.39, 0.29) is 10.2 Å². The first-order chi connectivity index (χ1) is 15.2. The second kappa shape index (κ2) is 10.1. The minimum Gasteiger partial charge on any atom is -0.493 e. The fourth-order valence-electron chi connectivity index (χ4n) is 3.32. The molecule has 1 N–H and O–H groups in total. The van der Waals surface area contributed by atoms with E-state index in [0.717, 1.165) is 23.0 Å². The quantitative estimate of drug-likeness (QED) is 0.445. The van der Waals surface area contributed by atoms with Gasteiger partial charge in [-0.1, -0.05) is 43.9 Å². The molecule has 9 heteroatoms. The third-order valence-electron chi connectivity index (χ3n) is 4.88. The summed E-state index contributed by atoms with van der Waals surface area (Å²) in [4.78, 5) is 30.7. The number of pyridine rings is 1. The number of nitrogens with zero attached hydrogens (tertiary/aromatic N) is 2. The Morgan fingerprint density at radius 2 is 1.94 bits per heavy atom. The number of amides is 1. The smallest absolute Gasteiger partial charge is 0.326 e. The summed E-state index contributed by atoms with van der Waals surface area (Å²) < 4.78 is 10.9. The highest BCUT2D eigenvalue weighted by Crippen LogP contribution is 2.36. The highest BCUT2D eigenvalue weighted by molar-refractivity contribution is 8.26. The predicted molar refractivity (Wildman–Crippen MR) is 129 cm³/mol. The van der Waals surface area contributed by atoms with Gasteiger partial charge in [-0.25, -0.2) is 4.79 Å². The van der Waals surface area contributed by atoms with Crippen molar-refractivity contribution in [3.05, 3.63) is 47.0 Å². The van der Waals surface area contributed by atoms with E-state index >= 15 is 0 Å². The van der Waals surface area contributed by atoms with Crippen molar-refractivity contribution >= 4 is 46.3 Å². The van der Waals surface area contributed by atoms with Crippen LogP contribution in [0.1, 0.15) is 25.8 Å². The Morgan fingerprint density at radius 3 is 2.50 bits per heavy atom. The molecular weight excluding hydrogens is 448 g/mol. The van der Waals surface area contributed by atoms with E-state index in [2.05, 4.69) is 4.98 Å². The average Bonchev–Trinajstić information content (AvgIpc) is 3.04. The second-order valence-corrected chi connectivity index (χ2v) is 9.26. The highest BCUT2D eigenvalue weighted by atomic mass is 32.2. The SMILES string of the molecule is COc1ccc(-c2ccc(/C=C3\SC(=S)N([C@@H](CC(C)C)C(=O)O)C3=O)cn2)cc1OC. The number of carboxylic acids is 1. The maximum Gasteiger partial charge on any atom is 0.326 e. The van der Waals surface area contributed by atoms with Crippen molar-refractivity contribution < 1.29 is 24.2 Å². The van der Waals surface area contributed by atoms with Gasteiger partial charge in [0.05, 0.1) is 24.8 Å². The molecule has 7 nitrogen and oxygen atoms in total. The molecule has 2 heterocycles. The van der Waals surface area contributed by atoms with Crippen LogP contribution < -0.4 is 9.47 Å². The number of carboxylic acid groups (broad SMARTS) is 1. The molecule has 0 bridgehead atoms. The van der Waals surface area contributed by atoms with Crippen molar-refractivity contribution in [1.82, 2.24) is 9.88 Å². The number of benzene rings is 1. The van der Waals surface area contributed by atoms with E-state index in [4.69, 9.17) is 21.7 Å². The molecule has 1 aromatic carbocycles. The molecule has 2 aromatic rings. The lowest BCUT2D eigenvalue weighted by atomic mass is 10.0. The third-order valence-corrected chi connectivity index (χ3v) is 6.21. The minimum atomic E-state index is -1.06. The summed E-state index contributed by atoms with van der Waals surface area (Å²) in [6.07, 6.45) is 3.66. The lowest BCUT2D eigenvalue weighted by Gasteiger charge is -2.24. The molecule has 1 aromatic heterocycles. The number of thiocarbonyl (C=S) groups is 1. The molecule has 3 rings (SSSR count). The van der Waals surface area contributed by atoms with Gasteiger partial charge in [0, 0.05) is 11.8 Å². The van der Waals surface area contributed by atoms with Crippen LogP contribution >= 0.6 is 24.0 Å². The molecule has 0 radical (unpaired) electrons. The molecule has 0 aliphatic carbocycles. The monoisotopic (exact) mass is 472 g/mol. The number of aromatic nitrogens is 1. The summed E-state index contributed by atoms with van der Waals surface area (Å²) >= 11 is 6.42. The Morgan fingerprint density at radius 1 is 1.22 bits per heavy atom. The summed E-state index contributed by atoms with van der Waals surface area (Å²) in [7, 11) is 3.15. The Labute approximate surface area is 196 Å². The fraction of sp³-hybridized carbons (Fsp3) is 0.304. The van der Waals surface area contributed by atoms with Gasteiger partial charge in [-0.2, -0.15) is 0 Å². The van der Waals surface area contributed by atoms with Crippen LogP contribution in [0.3, 0.4) is 0 Å². The molecule has 1 atom stereocenters. The van der Waals surface area contributed by atoms with Gasteiger partial charge in [0.25, 0.3) is 5.91 Å². The van der Waals surface area contributed by atoms with E-state index in [1.54, 1.807) is 26.5 Å². The molecule has 1 amide bonds. The average molecular weight is 473 g/mol. The van der Waals surface area contributed by atoms with Crippen molar-refractivity contribution in [2.45, 2.75) is 26.3 Å². The number of carbonyl (C=O) groups excluding carboxylic acids is 1. The number of carbonyl (C=O) groups is 2. The molecule has 1 fully saturated rings. The number of methoxy groups -OCH3 is 2. The Kier molecular flexibility index (Phi) is 7.52. The lowest BCUT2D eigenvalue weighted by Crippen LogP contribution is -2.44. The summed E-state index contributed by atoms with van der Waals surface area (Å²) in [5.74, 6) is -0.103. The van der Waals surface area contributed by atoms with Crippen molar-refractivity contribution in [2.75, 3.05) is 14.2 Å². The molecule has 168 valence electrons. The van der Waals surface area contributed by atoms with E-state index in [1.165, 1.54) is 4.90 Å². The molecule has 1 aliphatic heterocycles. The third kappa shape index (κ3) is 5.11. The van der Waals surface area contributed by atoms with Crippen LogP contribution in [-0.4, -0.2) is 51.4 Å². The van der Waals surface area contributed by atoms with Crippen LogP contribution in [0.5, 0.6) is 11.5 Å². The molecule has 32 heavy (non-hydrogen) atoms. The van der Waals surface area contributed by atoms with Gasteiger partial charge in [-0.3, -0.25) is 14.7 Å². The maximum atomic E-state index is 12.9. The number of hydrogen-bond acceptors (Lipinski definition) is 7. The number of thioether (sulfide) groups is 1. The van der Waals surface area contributed by atoms with Crippen LogP contribution in [0.2, 0.25) is 0 Å². The zero-order valence-corrected chi connectivity index (χ0v) is 19.8. The summed E-state index contributed by atoms with van der Waals surface area (Å²) in [5, 5.41) is 9.59. The number of hydrogen-bond donors (Lipinski definition) is 1. The Hall–Kier alpha value is -2.91. The molecule has 0 unspecified atom stereocenters. The minimum absolute atomic E-state index is 0.109. The van der Waals surface area contributed by atoms with Crippen LogP contribution in [0.4, 0.5) is 0 Å². The van der Waals surface area contributed by atoms with Crippen LogP contribution in [0.15, 0.2) is 41.4 Å². The first-order valence-corrected chi connectivity index (χ1v) is 11.2. The van der Waals surface area contributed by atoms with Gasteiger partial charge in [-0.15, -0.1) is 0 Å². The second-order valence-electron chi connectivity index (χ2n) is 7.58. The van der Waals surface area contributed by atoms with E-state index in [1.807, 2.05) is 44.2 Å². The number of ether oxygens (including phenoxy) is 2. The van der Waals surface area contributed by atoms with Gasteiger partial charge in [-0.05, 0) is 48.2 Å². The molecule has 1 saturated heterocycles. The van der Waals surface area contributed by atoms with Crippen LogP contribution in [-0.2, 0) is 9.59 Å².